The van der Waals surface area contributed by atoms with Gasteiger partial charge in [-0.05, 0) is 12.3 Å². The van der Waals surface area contributed by atoms with E-state index in [4.69, 9.17) is 10.5 Å². The first-order chi connectivity index (χ1) is 8.73. The lowest BCUT2D eigenvalue weighted by atomic mass is 9.87. The number of hydrogen-bond acceptors (Lipinski definition) is 4. The van der Waals surface area contributed by atoms with Gasteiger partial charge in [0.05, 0.1) is 19.3 Å². The van der Waals surface area contributed by atoms with Gasteiger partial charge in [-0.1, -0.05) is 20.8 Å². The third-order valence-electron chi connectivity index (χ3n) is 3.27. The Kier molecular flexibility index (Phi) is 7.47. The Labute approximate surface area is 126 Å². The van der Waals surface area contributed by atoms with Gasteiger partial charge in [0, 0.05) is 13.1 Å². The predicted octanol–water partition coefficient (Wildman–Crippen LogP) is 0.145. The maximum atomic E-state index is 12.1. The first kappa shape index (κ1) is 19.1. The fraction of sp³-hybridized carbons (Fsp3) is 0.846. The standard InChI is InChI=1S/C13H25N3O3.ClH/c1-9(12(18)16-5-7-19-8-6-16)15-11(17)10(14)13(2,3)4;/h9-10H,5-8,14H2,1-4H3,(H,15,17);1H/t9?,10-;/m1./s1. The Morgan fingerprint density at radius 1 is 1.25 bits per heavy atom. The van der Waals surface area contributed by atoms with Crippen molar-refractivity contribution in [3.8, 4) is 0 Å². The molecule has 118 valence electrons. The number of carbonyl (C=O) groups is 2. The first-order valence-corrected chi connectivity index (χ1v) is 6.66. The molecule has 1 aliphatic heterocycles. The molecule has 0 saturated carbocycles. The van der Waals surface area contributed by atoms with Crippen LogP contribution in [0.3, 0.4) is 0 Å². The Morgan fingerprint density at radius 2 is 1.75 bits per heavy atom. The molecular weight excluding hydrogens is 282 g/mol. The minimum absolute atomic E-state index is 0. The van der Waals surface area contributed by atoms with Crippen LogP contribution in [0.15, 0.2) is 0 Å². The molecule has 2 amide bonds. The summed E-state index contributed by atoms with van der Waals surface area (Å²) in [4.78, 5) is 25.8. The molecule has 0 aromatic heterocycles. The van der Waals surface area contributed by atoms with Crippen LogP contribution in [-0.2, 0) is 14.3 Å². The molecule has 1 heterocycles. The summed E-state index contributed by atoms with van der Waals surface area (Å²) in [5.74, 6) is -0.376. The Hall–Kier alpha value is -0.850. The second kappa shape index (κ2) is 7.81. The maximum absolute atomic E-state index is 12.1. The van der Waals surface area contributed by atoms with Gasteiger partial charge in [-0.2, -0.15) is 0 Å². The molecule has 1 rings (SSSR count). The number of ether oxygens (including phenoxy) is 1. The summed E-state index contributed by atoms with van der Waals surface area (Å²) in [6.45, 7) is 9.62. The number of carbonyl (C=O) groups excluding carboxylic acids is 2. The third kappa shape index (κ3) is 5.26. The van der Waals surface area contributed by atoms with Crippen molar-refractivity contribution in [3.63, 3.8) is 0 Å². The van der Waals surface area contributed by atoms with E-state index in [0.717, 1.165) is 0 Å². The smallest absolute Gasteiger partial charge is 0.245 e. The van der Waals surface area contributed by atoms with E-state index in [1.54, 1.807) is 11.8 Å². The van der Waals surface area contributed by atoms with Crippen molar-refractivity contribution in [1.29, 1.82) is 0 Å². The van der Waals surface area contributed by atoms with Crippen LogP contribution in [0, 0.1) is 5.41 Å². The van der Waals surface area contributed by atoms with Crippen LogP contribution >= 0.6 is 12.4 Å². The highest BCUT2D eigenvalue weighted by molar-refractivity contribution is 5.89. The van der Waals surface area contributed by atoms with E-state index in [2.05, 4.69) is 5.32 Å². The summed E-state index contributed by atoms with van der Waals surface area (Å²) in [5.41, 5.74) is 5.54. The fourth-order valence-corrected chi connectivity index (χ4v) is 1.82. The topological polar surface area (TPSA) is 84.7 Å². The molecule has 1 fully saturated rings. The molecule has 0 radical (unpaired) electrons. The number of nitrogens with two attached hydrogens (primary N) is 1. The van der Waals surface area contributed by atoms with E-state index in [1.807, 2.05) is 20.8 Å². The van der Waals surface area contributed by atoms with Gasteiger partial charge in [0.25, 0.3) is 0 Å². The second-order valence-corrected chi connectivity index (χ2v) is 6.01. The third-order valence-corrected chi connectivity index (χ3v) is 3.27. The first-order valence-electron chi connectivity index (χ1n) is 6.66. The van der Waals surface area contributed by atoms with E-state index in [-0.39, 0.29) is 29.6 Å². The van der Waals surface area contributed by atoms with E-state index < -0.39 is 12.1 Å². The summed E-state index contributed by atoms with van der Waals surface area (Å²) in [6.07, 6.45) is 0. The van der Waals surface area contributed by atoms with Gasteiger partial charge >= 0.3 is 0 Å². The van der Waals surface area contributed by atoms with Crippen LogP contribution in [0.4, 0.5) is 0 Å². The summed E-state index contributed by atoms with van der Waals surface area (Å²) in [7, 11) is 0. The van der Waals surface area contributed by atoms with Gasteiger partial charge in [-0.15, -0.1) is 12.4 Å². The minimum atomic E-state index is -0.632. The Balaban J connectivity index is 0.00000361. The molecule has 0 aromatic carbocycles. The molecule has 0 aliphatic carbocycles. The molecule has 7 heteroatoms. The number of hydrogen-bond donors (Lipinski definition) is 2. The van der Waals surface area contributed by atoms with Gasteiger partial charge < -0.3 is 20.7 Å². The molecule has 0 spiro atoms. The van der Waals surface area contributed by atoms with Crippen molar-refractivity contribution in [1.82, 2.24) is 10.2 Å². The molecular formula is C13H26ClN3O3. The number of amides is 2. The lowest BCUT2D eigenvalue weighted by Gasteiger charge is -2.31. The number of nitrogens with zero attached hydrogens (tertiary/aromatic N) is 1. The molecule has 2 atom stereocenters. The quantitative estimate of drug-likeness (QED) is 0.777. The number of rotatable bonds is 3. The zero-order valence-corrected chi connectivity index (χ0v) is 13.5. The zero-order valence-electron chi connectivity index (χ0n) is 12.6. The Morgan fingerprint density at radius 3 is 2.20 bits per heavy atom. The molecule has 0 aromatic rings. The van der Waals surface area contributed by atoms with E-state index in [1.165, 1.54) is 0 Å². The molecule has 1 saturated heterocycles. The lowest BCUT2D eigenvalue weighted by Crippen LogP contribution is -2.55. The van der Waals surface area contributed by atoms with Crippen LogP contribution < -0.4 is 11.1 Å². The van der Waals surface area contributed by atoms with Crippen LogP contribution in [-0.4, -0.2) is 55.1 Å². The highest BCUT2D eigenvalue weighted by atomic mass is 35.5. The highest BCUT2D eigenvalue weighted by Gasteiger charge is 2.30. The van der Waals surface area contributed by atoms with Crippen LogP contribution in [0.1, 0.15) is 27.7 Å². The summed E-state index contributed by atoms with van der Waals surface area (Å²) in [5, 5.41) is 2.69. The predicted molar refractivity (Wildman–Crippen MR) is 79.7 cm³/mol. The molecule has 1 aliphatic rings. The molecule has 0 bridgehead atoms. The Bertz CT molecular complexity index is 338. The van der Waals surface area contributed by atoms with Crippen LogP contribution in [0.5, 0.6) is 0 Å². The normalized spacial score (nSPS) is 18.8. The second-order valence-electron chi connectivity index (χ2n) is 6.01. The van der Waals surface area contributed by atoms with E-state index in [9.17, 15) is 9.59 Å². The highest BCUT2D eigenvalue weighted by Crippen LogP contribution is 2.17. The zero-order chi connectivity index (χ0) is 14.6. The largest absolute Gasteiger partial charge is 0.378 e. The van der Waals surface area contributed by atoms with Crippen LogP contribution in [0.25, 0.3) is 0 Å². The molecule has 1 unspecified atom stereocenters. The van der Waals surface area contributed by atoms with Gasteiger partial charge in [-0.3, -0.25) is 9.59 Å². The van der Waals surface area contributed by atoms with Gasteiger partial charge in [-0.25, -0.2) is 0 Å². The molecule has 20 heavy (non-hydrogen) atoms. The monoisotopic (exact) mass is 307 g/mol. The van der Waals surface area contributed by atoms with Crippen molar-refractivity contribution in [2.24, 2.45) is 11.1 Å². The van der Waals surface area contributed by atoms with Crippen molar-refractivity contribution < 1.29 is 14.3 Å². The van der Waals surface area contributed by atoms with Gasteiger partial charge in [0.15, 0.2) is 0 Å². The van der Waals surface area contributed by atoms with E-state index in [0.29, 0.717) is 26.3 Å². The van der Waals surface area contributed by atoms with E-state index >= 15 is 0 Å². The van der Waals surface area contributed by atoms with Crippen LogP contribution in [0.2, 0.25) is 0 Å². The average molecular weight is 308 g/mol. The molecule has 3 N–H and O–H groups in total. The van der Waals surface area contributed by atoms with Crippen molar-refractivity contribution in [2.75, 3.05) is 26.3 Å². The molecule has 6 nitrogen and oxygen atoms in total. The fourth-order valence-electron chi connectivity index (χ4n) is 1.82. The summed E-state index contributed by atoms with van der Waals surface area (Å²) < 4.78 is 5.19. The number of nitrogens with one attached hydrogen (secondary N) is 1. The lowest BCUT2D eigenvalue weighted by molar-refractivity contribution is -0.140. The summed E-state index contributed by atoms with van der Waals surface area (Å²) >= 11 is 0. The minimum Gasteiger partial charge on any atom is -0.378 e. The summed E-state index contributed by atoms with van der Waals surface area (Å²) in [6, 6.07) is -1.19. The van der Waals surface area contributed by atoms with Gasteiger partial charge in [0.1, 0.15) is 6.04 Å². The average Bonchev–Trinajstić information content (AvgIpc) is 2.36. The SMILES string of the molecule is CC(NC(=O)[C@@H](N)C(C)(C)C)C(=O)N1CCOCC1.Cl. The van der Waals surface area contributed by atoms with Crippen molar-refractivity contribution >= 4 is 24.2 Å². The van der Waals surface area contributed by atoms with Crippen molar-refractivity contribution in [3.05, 3.63) is 0 Å². The number of morpholine rings is 1. The maximum Gasteiger partial charge on any atom is 0.245 e. The number of halogens is 1. The van der Waals surface area contributed by atoms with Crippen molar-refractivity contribution in [2.45, 2.75) is 39.8 Å². The van der Waals surface area contributed by atoms with Gasteiger partial charge in [0.2, 0.25) is 11.8 Å².